The highest BCUT2D eigenvalue weighted by Gasteiger charge is 2.70. The molecular formula is C35H47N3O3. The molecule has 7 atom stereocenters. The number of carbonyl (C=O) groups is 2. The van der Waals surface area contributed by atoms with Crippen LogP contribution < -0.4 is 0 Å². The molecule has 0 saturated heterocycles. The number of carbonyl (C=O) groups excluding carboxylic acids is 2. The number of Topliss-reactive ketones (excluding diaryl/α,β-unsaturated/α-hetero) is 1. The average molecular weight is 558 g/mol. The summed E-state index contributed by atoms with van der Waals surface area (Å²) in [5.41, 5.74) is -0.390. The first-order chi connectivity index (χ1) is 19.1. The van der Waals surface area contributed by atoms with Gasteiger partial charge in [-0.25, -0.2) is 0 Å². The van der Waals surface area contributed by atoms with Gasteiger partial charge in [-0.3, -0.25) is 9.59 Å². The Morgan fingerprint density at radius 3 is 2.39 bits per heavy atom. The highest BCUT2D eigenvalue weighted by molar-refractivity contribution is 6.04. The van der Waals surface area contributed by atoms with E-state index in [9.17, 15) is 14.9 Å². The molecule has 220 valence electrons. The number of allylic oxidation sites excluding steroid dienone is 4. The van der Waals surface area contributed by atoms with Crippen LogP contribution in [-0.2, 0) is 21.4 Å². The second-order valence-electron chi connectivity index (χ2n) is 16.2. The van der Waals surface area contributed by atoms with Crippen LogP contribution in [0.2, 0.25) is 0 Å². The first kappa shape index (κ1) is 28.6. The summed E-state index contributed by atoms with van der Waals surface area (Å²) in [5, 5.41) is 19.0. The average Bonchev–Trinajstić information content (AvgIpc) is 3.37. The van der Waals surface area contributed by atoms with E-state index >= 15 is 0 Å². The van der Waals surface area contributed by atoms with Gasteiger partial charge < -0.3 is 4.42 Å². The molecule has 0 radical (unpaired) electrons. The predicted octanol–water partition coefficient (Wildman–Crippen LogP) is 7.49. The molecule has 0 amide bonds. The van der Waals surface area contributed by atoms with Crippen LogP contribution in [-0.4, -0.2) is 21.8 Å². The largest absolute Gasteiger partial charge is 0.425 e. The Balaban J connectivity index is 1.51. The molecule has 6 nitrogen and oxygen atoms in total. The third kappa shape index (κ3) is 3.59. The van der Waals surface area contributed by atoms with Crippen molar-refractivity contribution in [2.45, 2.75) is 119 Å². The van der Waals surface area contributed by atoms with Crippen molar-refractivity contribution >= 4 is 11.6 Å². The molecule has 1 aromatic heterocycles. The molecule has 3 saturated carbocycles. The molecule has 41 heavy (non-hydrogen) atoms. The number of nitriles is 1. The lowest BCUT2D eigenvalue weighted by Crippen LogP contribution is -2.65. The summed E-state index contributed by atoms with van der Waals surface area (Å²) in [4.78, 5) is 28.0. The normalized spacial score (nSPS) is 42.6. The minimum absolute atomic E-state index is 0.0542. The van der Waals surface area contributed by atoms with Gasteiger partial charge in [0.1, 0.15) is 6.07 Å². The monoisotopic (exact) mass is 557 g/mol. The van der Waals surface area contributed by atoms with Gasteiger partial charge in [-0.15, -0.1) is 10.2 Å². The van der Waals surface area contributed by atoms with E-state index in [-0.39, 0.29) is 56.6 Å². The van der Waals surface area contributed by atoms with E-state index in [2.05, 4.69) is 57.8 Å². The van der Waals surface area contributed by atoms with Gasteiger partial charge in [-0.05, 0) is 85.5 Å². The minimum atomic E-state index is -0.652. The van der Waals surface area contributed by atoms with Crippen LogP contribution in [0.1, 0.15) is 119 Å². The summed E-state index contributed by atoms with van der Waals surface area (Å²) < 4.78 is 6.40. The maximum Gasteiger partial charge on any atom is 0.222 e. The van der Waals surface area contributed by atoms with Gasteiger partial charge in [0.15, 0.2) is 11.6 Å². The molecule has 3 fully saturated rings. The van der Waals surface area contributed by atoms with Gasteiger partial charge >= 0.3 is 0 Å². The van der Waals surface area contributed by atoms with Crippen molar-refractivity contribution in [1.82, 2.24) is 10.2 Å². The number of nitrogens with zero attached hydrogens (tertiary/aromatic N) is 3. The van der Waals surface area contributed by atoms with Crippen LogP contribution in [0.4, 0.5) is 0 Å². The Bertz CT molecular complexity index is 1420. The fraction of sp³-hybridized carbons (Fsp3) is 0.743. The van der Waals surface area contributed by atoms with E-state index in [0.29, 0.717) is 5.89 Å². The van der Waals surface area contributed by atoms with Crippen LogP contribution in [0.15, 0.2) is 27.7 Å². The number of hydrogen-bond acceptors (Lipinski definition) is 6. The number of ketones is 2. The predicted molar refractivity (Wildman–Crippen MR) is 156 cm³/mol. The van der Waals surface area contributed by atoms with Gasteiger partial charge in [0.2, 0.25) is 11.8 Å². The summed E-state index contributed by atoms with van der Waals surface area (Å²) in [7, 11) is 0. The number of aromatic nitrogens is 2. The Morgan fingerprint density at radius 1 is 1.00 bits per heavy atom. The first-order valence-corrected chi connectivity index (χ1v) is 15.9. The molecule has 3 unspecified atom stereocenters. The number of hydrogen-bond donors (Lipinski definition) is 0. The molecule has 6 rings (SSSR count). The Labute approximate surface area is 245 Å². The minimum Gasteiger partial charge on any atom is -0.425 e. The molecule has 5 aliphatic carbocycles. The van der Waals surface area contributed by atoms with Crippen molar-refractivity contribution in [3.8, 4) is 6.07 Å². The molecule has 0 spiro atoms. The summed E-state index contributed by atoms with van der Waals surface area (Å²) in [6.07, 6.45) is 12.3. The fourth-order valence-corrected chi connectivity index (χ4v) is 10.8. The molecule has 0 aromatic carbocycles. The lowest BCUT2D eigenvalue weighted by Gasteiger charge is -2.68. The lowest BCUT2D eigenvalue weighted by molar-refractivity contribution is -0.161. The van der Waals surface area contributed by atoms with E-state index in [1.165, 1.54) is 0 Å². The van der Waals surface area contributed by atoms with Crippen molar-refractivity contribution in [3.63, 3.8) is 0 Å². The second-order valence-corrected chi connectivity index (χ2v) is 16.2. The summed E-state index contributed by atoms with van der Waals surface area (Å²) >= 11 is 0. The van der Waals surface area contributed by atoms with Gasteiger partial charge in [0, 0.05) is 23.2 Å². The summed E-state index contributed by atoms with van der Waals surface area (Å²) in [6, 6.07) is 2.21. The second kappa shape index (κ2) is 8.74. The zero-order valence-electron chi connectivity index (χ0n) is 26.3. The van der Waals surface area contributed by atoms with Crippen LogP contribution in [0.25, 0.3) is 0 Å². The van der Waals surface area contributed by atoms with Crippen LogP contribution in [0.5, 0.6) is 0 Å². The maximum atomic E-state index is 14.7. The molecule has 1 aromatic rings. The highest BCUT2D eigenvalue weighted by Crippen LogP contribution is 2.74. The topological polar surface area (TPSA) is 96.9 Å². The van der Waals surface area contributed by atoms with Crippen molar-refractivity contribution in [1.29, 1.82) is 5.26 Å². The maximum absolute atomic E-state index is 14.7. The fourth-order valence-electron chi connectivity index (χ4n) is 10.8. The third-order valence-electron chi connectivity index (χ3n) is 13.2. The smallest absolute Gasteiger partial charge is 0.222 e. The molecule has 1 heterocycles. The zero-order valence-corrected chi connectivity index (χ0v) is 26.3. The van der Waals surface area contributed by atoms with Gasteiger partial charge in [-0.1, -0.05) is 67.0 Å². The molecule has 0 aliphatic heterocycles. The third-order valence-corrected chi connectivity index (χ3v) is 13.2. The lowest BCUT2D eigenvalue weighted by atomic mass is 9.34. The SMILES string of the molecule is CCCc1nnc([C@]23CCC(C)(C)CC2C2C(=O)C=C4[C@@]5(C)C=C(C#N)C(=O)C(C)(C)C5CC[C@@]4(C)[C@]2(C)CC3)o1. The Kier molecular flexibility index (Phi) is 6.09. The van der Waals surface area contributed by atoms with Crippen molar-refractivity contribution in [3.05, 3.63) is 35.1 Å². The molecule has 5 aliphatic rings. The highest BCUT2D eigenvalue weighted by atomic mass is 16.4. The summed E-state index contributed by atoms with van der Waals surface area (Å²) in [5.74, 6) is 1.65. The van der Waals surface area contributed by atoms with Crippen LogP contribution in [0, 0.1) is 56.2 Å². The zero-order chi connectivity index (χ0) is 29.8. The molecule has 6 heteroatoms. The van der Waals surface area contributed by atoms with E-state index in [1.54, 1.807) is 0 Å². The standard InChI is InChI=1S/C35H47N3O3/c1-9-10-26-37-38-29(41-26)35-15-13-30(2,3)19-22(35)27-23(39)17-25-32(6)18-21(20-36)28(40)31(4,5)24(32)11-12-33(25,7)34(27,8)14-16-35/h17-18,22,24,27H,9-16,19H2,1-8H3/t22?,24?,27?,32-,33+,34+,35-/m0/s1. The van der Waals surface area contributed by atoms with E-state index < -0.39 is 10.8 Å². The van der Waals surface area contributed by atoms with E-state index in [1.807, 2.05) is 26.0 Å². The van der Waals surface area contributed by atoms with Crippen LogP contribution >= 0.6 is 0 Å². The van der Waals surface area contributed by atoms with Gasteiger partial charge in [0.25, 0.3) is 0 Å². The number of fused-ring (bicyclic) bond motifs is 7. The van der Waals surface area contributed by atoms with Gasteiger partial charge in [-0.2, -0.15) is 5.26 Å². The van der Waals surface area contributed by atoms with E-state index in [4.69, 9.17) is 4.42 Å². The van der Waals surface area contributed by atoms with Crippen molar-refractivity contribution in [2.75, 3.05) is 0 Å². The number of aryl methyl sites for hydroxylation is 1. The summed E-state index contributed by atoms with van der Waals surface area (Å²) in [6.45, 7) is 17.8. The quantitative estimate of drug-likeness (QED) is 0.382. The Morgan fingerprint density at radius 2 is 1.71 bits per heavy atom. The molecule has 0 bridgehead atoms. The van der Waals surface area contributed by atoms with Crippen molar-refractivity contribution in [2.24, 2.45) is 44.8 Å². The van der Waals surface area contributed by atoms with Gasteiger partial charge in [0.05, 0.1) is 11.0 Å². The Hall–Kier alpha value is -2.55. The van der Waals surface area contributed by atoms with E-state index in [0.717, 1.165) is 69.3 Å². The molecule has 0 N–H and O–H groups in total. The van der Waals surface area contributed by atoms with Crippen molar-refractivity contribution < 1.29 is 14.0 Å². The number of rotatable bonds is 3. The molecular weight excluding hydrogens is 510 g/mol. The first-order valence-electron chi connectivity index (χ1n) is 15.9. The van der Waals surface area contributed by atoms with Crippen LogP contribution in [0.3, 0.4) is 0 Å².